The zero-order valence-corrected chi connectivity index (χ0v) is 27.1. The number of rotatable bonds is 15. The van der Waals surface area contributed by atoms with Crippen molar-refractivity contribution >= 4 is 29.7 Å². The molecule has 0 fully saturated rings. The number of nitrogens with one attached hydrogen (secondary N) is 3. The number of benzene rings is 1. The SMILES string of the molecule is CN[C@H](C(=O)NC(C(=O)N(C)[C@H](/C=C(\C)C(=O)N[C@@H](CCC(=O)O)C(=O)O)C(C)C)C(C)(C)C)C(C)(C)c1ccccc1. The minimum absolute atomic E-state index is 0.141. The Morgan fingerprint density at radius 2 is 1.49 bits per heavy atom. The largest absolute Gasteiger partial charge is 0.481 e. The van der Waals surface area contributed by atoms with Crippen molar-refractivity contribution in [3.63, 3.8) is 0 Å². The van der Waals surface area contributed by atoms with E-state index in [1.54, 1.807) is 20.2 Å². The molecule has 11 heteroatoms. The molecule has 3 amide bonds. The summed E-state index contributed by atoms with van der Waals surface area (Å²) in [5.41, 5.74) is -0.112. The van der Waals surface area contributed by atoms with Crippen molar-refractivity contribution < 1.29 is 34.2 Å². The summed E-state index contributed by atoms with van der Waals surface area (Å²) in [7, 11) is 3.31. The fraction of sp³-hybridized carbons (Fsp3) is 0.594. The van der Waals surface area contributed by atoms with Gasteiger partial charge in [0.15, 0.2) is 0 Å². The van der Waals surface area contributed by atoms with Crippen LogP contribution in [0.3, 0.4) is 0 Å². The number of carbonyl (C=O) groups excluding carboxylic acids is 3. The molecule has 5 N–H and O–H groups in total. The molecule has 1 aromatic carbocycles. The lowest BCUT2D eigenvalue weighted by Gasteiger charge is -2.40. The van der Waals surface area contributed by atoms with Gasteiger partial charge >= 0.3 is 11.9 Å². The van der Waals surface area contributed by atoms with E-state index in [4.69, 9.17) is 5.11 Å². The molecule has 0 aliphatic carbocycles. The van der Waals surface area contributed by atoms with Gasteiger partial charge in [-0.25, -0.2) is 4.79 Å². The minimum atomic E-state index is -1.37. The summed E-state index contributed by atoms with van der Waals surface area (Å²) in [4.78, 5) is 64.5. The predicted molar refractivity (Wildman–Crippen MR) is 165 cm³/mol. The quantitative estimate of drug-likeness (QED) is 0.191. The van der Waals surface area contributed by atoms with Crippen molar-refractivity contribution in [3.05, 3.63) is 47.5 Å². The maximum absolute atomic E-state index is 14.0. The molecular weight excluding hydrogens is 552 g/mol. The lowest BCUT2D eigenvalue weighted by atomic mass is 9.76. The van der Waals surface area contributed by atoms with Gasteiger partial charge in [0, 0.05) is 24.5 Å². The van der Waals surface area contributed by atoms with E-state index in [9.17, 15) is 29.1 Å². The monoisotopic (exact) mass is 602 g/mol. The van der Waals surface area contributed by atoms with Crippen LogP contribution in [0.4, 0.5) is 0 Å². The van der Waals surface area contributed by atoms with Gasteiger partial charge in [-0.15, -0.1) is 0 Å². The second-order valence-corrected chi connectivity index (χ2v) is 12.9. The smallest absolute Gasteiger partial charge is 0.326 e. The van der Waals surface area contributed by atoms with E-state index in [1.165, 1.54) is 11.8 Å². The first-order valence-electron chi connectivity index (χ1n) is 14.5. The van der Waals surface area contributed by atoms with Crippen LogP contribution in [-0.4, -0.2) is 83.0 Å². The topological polar surface area (TPSA) is 165 Å². The third kappa shape index (κ3) is 10.5. The van der Waals surface area contributed by atoms with Crippen molar-refractivity contribution in [2.75, 3.05) is 14.1 Å². The molecule has 0 aliphatic rings. The van der Waals surface area contributed by atoms with Gasteiger partial charge in [-0.2, -0.15) is 0 Å². The Balaban J connectivity index is 3.27. The Hall–Kier alpha value is -3.73. The lowest BCUT2D eigenvalue weighted by Crippen LogP contribution is -2.61. The maximum atomic E-state index is 14.0. The van der Waals surface area contributed by atoms with Crippen molar-refractivity contribution in [3.8, 4) is 0 Å². The molecule has 43 heavy (non-hydrogen) atoms. The van der Waals surface area contributed by atoms with Gasteiger partial charge in [0.2, 0.25) is 17.7 Å². The third-order valence-corrected chi connectivity index (χ3v) is 7.70. The molecule has 240 valence electrons. The molecule has 0 radical (unpaired) electrons. The Kier molecular flexibility index (Phi) is 13.6. The lowest BCUT2D eigenvalue weighted by molar-refractivity contribution is -0.142. The molecule has 1 unspecified atom stereocenters. The van der Waals surface area contributed by atoms with E-state index in [-0.39, 0.29) is 29.7 Å². The highest BCUT2D eigenvalue weighted by Crippen LogP contribution is 2.29. The van der Waals surface area contributed by atoms with E-state index in [2.05, 4.69) is 16.0 Å². The molecule has 0 aromatic heterocycles. The van der Waals surface area contributed by atoms with Crippen molar-refractivity contribution in [1.82, 2.24) is 20.9 Å². The van der Waals surface area contributed by atoms with Crippen LogP contribution in [0, 0.1) is 11.3 Å². The average Bonchev–Trinajstić information content (AvgIpc) is 2.91. The van der Waals surface area contributed by atoms with Crippen LogP contribution in [0.25, 0.3) is 0 Å². The predicted octanol–water partition coefficient (Wildman–Crippen LogP) is 2.95. The first-order valence-corrected chi connectivity index (χ1v) is 14.5. The fourth-order valence-electron chi connectivity index (χ4n) is 4.96. The highest BCUT2D eigenvalue weighted by atomic mass is 16.4. The first kappa shape index (κ1) is 37.3. The van der Waals surface area contributed by atoms with Gasteiger partial charge < -0.3 is 31.1 Å². The summed E-state index contributed by atoms with van der Waals surface area (Å²) < 4.78 is 0. The van der Waals surface area contributed by atoms with E-state index in [1.807, 2.05) is 78.8 Å². The number of hydrogen-bond donors (Lipinski definition) is 5. The number of likely N-dealkylation sites (N-methyl/N-ethyl adjacent to an activating group) is 2. The molecule has 0 saturated heterocycles. The van der Waals surface area contributed by atoms with E-state index in [0.29, 0.717) is 0 Å². The number of carboxylic acids is 2. The fourth-order valence-corrected chi connectivity index (χ4v) is 4.96. The summed E-state index contributed by atoms with van der Waals surface area (Å²) in [6, 6.07) is 6.17. The van der Waals surface area contributed by atoms with Gasteiger partial charge in [-0.05, 0) is 37.3 Å². The van der Waals surface area contributed by atoms with E-state index < -0.39 is 59.3 Å². The van der Waals surface area contributed by atoms with E-state index in [0.717, 1.165) is 5.56 Å². The summed E-state index contributed by atoms with van der Waals surface area (Å²) in [5, 5.41) is 26.8. The van der Waals surface area contributed by atoms with Crippen molar-refractivity contribution in [2.24, 2.45) is 11.3 Å². The summed E-state index contributed by atoms with van der Waals surface area (Å²) in [5.74, 6) is -4.00. The molecule has 0 heterocycles. The third-order valence-electron chi connectivity index (χ3n) is 7.70. The second-order valence-electron chi connectivity index (χ2n) is 12.9. The number of amides is 3. The number of aliphatic carboxylic acids is 2. The molecule has 1 rings (SSSR count). The number of carboxylic acid groups (broad SMARTS) is 2. The van der Waals surface area contributed by atoms with Crippen LogP contribution < -0.4 is 16.0 Å². The van der Waals surface area contributed by atoms with Gasteiger partial charge in [0.1, 0.15) is 12.1 Å². The van der Waals surface area contributed by atoms with Crippen LogP contribution in [0.2, 0.25) is 0 Å². The Morgan fingerprint density at radius 1 is 0.930 bits per heavy atom. The van der Waals surface area contributed by atoms with Crippen LogP contribution in [0.5, 0.6) is 0 Å². The molecule has 0 bridgehead atoms. The van der Waals surface area contributed by atoms with Crippen molar-refractivity contribution in [1.29, 1.82) is 0 Å². The Bertz CT molecular complexity index is 1170. The maximum Gasteiger partial charge on any atom is 0.326 e. The molecule has 0 aliphatic heterocycles. The Labute approximate surface area is 255 Å². The average molecular weight is 603 g/mol. The van der Waals surface area contributed by atoms with Gasteiger partial charge in [-0.1, -0.05) is 84.9 Å². The highest BCUT2D eigenvalue weighted by molar-refractivity contribution is 5.96. The van der Waals surface area contributed by atoms with Crippen LogP contribution in [-0.2, 0) is 29.4 Å². The highest BCUT2D eigenvalue weighted by Gasteiger charge is 2.41. The Morgan fingerprint density at radius 3 is 1.93 bits per heavy atom. The molecule has 0 saturated carbocycles. The number of hydrogen-bond acceptors (Lipinski definition) is 6. The summed E-state index contributed by atoms with van der Waals surface area (Å²) >= 11 is 0. The number of nitrogens with zero attached hydrogens (tertiary/aromatic N) is 1. The van der Waals surface area contributed by atoms with Crippen molar-refractivity contribution in [2.45, 2.75) is 97.8 Å². The second kappa shape index (κ2) is 15.7. The number of carbonyl (C=O) groups is 5. The molecule has 0 spiro atoms. The zero-order valence-electron chi connectivity index (χ0n) is 27.1. The van der Waals surface area contributed by atoms with Crippen LogP contribution in [0.15, 0.2) is 42.0 Å². The van der Waals surface area contributed by atoms with E-state index >= 15 is 0 Å². The summed E-state index contributed by atoms with van der Waals surface area (Å²) in [6.45, 7) is 14.8. The molecular formula is C32H50N4O7. The van der Waals surface area contributed by atoms with Gasteiger partial charge in [0.25, 0.3) is 0 Å². The van der Waals surface area contributed by atoms with Gasteiger partial charge in [0.05, 0.1) is 12.1 Å². The summed E-state index contributed by atoms with van der Waals surface area (Å²) in [6.07, 6.45) is 0.907. The van der Waals surface area contributed by atoms with Crippen LogP contribution in [0.1, 0.15) is 73.8 Å². The minimum Gasteiger partial charge on any atom is -0.481 e. The van der Waals surface area contributed by atoms with Gasteiger partial charge in [-0.3, -0.25) is 19.2 Å². The standard InChI is InChI=1S/C32H50N4O7/c1-19(2)23(18-20(3)27(39)34-22(30(42)43)16-17-24(37)38)36(10)29(41)26(31(4,5)6)35-28(40)25(33-9)32(7,8)21-14-12-11-13-15-21/h11-15,18-19,22-23,25-26,33H,16-17H2,1-10H3,(H,34,39)(H,35,40)(H,37,38)(H,42,43)/b20-18+/t22-,23+,25+,26?/m0/s1. The molecule has 11 nitrogen and oxygen atoms in total. The van der Waals surface area contributed by atoms with Crippen LogP contribution >= 0.6 is 0 Å². The molecule has 1 aromatic rings. The zero-order chi connectivity index (χ0) is 33.3. The first-order chi connectivity index (χ1) is 19.7. The normalized spacial score (nSPS) is 15.2. The molecule has 4 atom stereocenters.